The van der Waals surface area contributed by atoms with Crippen molar-refractivity contribution >= 4 is 5.84 Å². The monoisotopic (exact) mass is 232 g/mol. The molecule has 3 heteroatoms. The Kier molecular flexibility index (Phi) is 4.15. The maximum atomic E-state index is 7.38. The van der Waals surface area contributed by atoms with Gasteiger partial charge >= 0.3 is 0 Å². The van der Waals surface area contributed by atoms with Crippen LogP contribution in [0, 0.1) is 11.3 Å². The Hall–Kier alpha value is -1.35. The van der Waals surface area contributed by atoms with E-state index in [0.29, 0.717) is 6.61 Å². The fourth-order valence-corrected chi connectivity index (χ4v) is 2.35. The molecule has 0 unspecified atom stereocenters. The van der Waals surface area contributed by atoms with Gasteiger partial charge in [0.25, 0.3) is 0 Å². The average molecular weight is 232 g/mol. The van der Waals surface area contributed by atoms with Crippen LogP contribution in [0.4, 0.5) is 0 Å². The molecule has 0 aromatic heterocycles. The maximum Gasteiger partial charge on any atom is 0.122 e. The molecule has 1 aromatic carbocycles. The summed E-state index contributed by atoms with van der Waals surface area (Å²) in [5.41, 5.74) is 7.32. The molecule has 3 nitrogen and oxygen atoms in total. The molecule has 1 aliphatic carbocycles. The Morgan fingerprint density at radius 3 is 2.82 bits per heavy atom. The molecule has 17 heavy (non-hydrogen) atoms. The minimum atomic E-state index is 0.114. The molecule has 0 bridgehead atoms. The quantitative estimate of drug-likeness (QED) is 0.605. The fourth-order valence-electron chi connectivity index (χ4n) is 2.35. The highest BCUT2D eigenvalue weighted by Crippen LogP contribution is 2.24. The summed E-state index contributed by atoms with van der Waals surface area (Å²) in [5.74, 6) is 0.869. The minimum Gasteiger partial charge on any atom is -0.384 e. The van der Waals surface area contributed by atoms with Crippen molar-refractivity contribution in [3.8, 4) is 0 Å². The Balaban J connectivity index is 1.81. The molecule has 2 rings (SSSR count). The van der Waals surface area contributed by atoms with Crippen molar-refractivity contribution < 1.29 is 4.74 Å². The molecule has 3 N–H and O–H groups in total. The van der Waals surface area contributed by atoms with Gasteiger partial charge in [0.2, 0.25) is 0 Å². The normalized spacial score (nSPS) is 16.2. The smallest absolute Gasteiger partial charge is 0.122 e. The fraction of sp³-hybridized carbons (Fsp3) is 0.500. The lowest BCUT2D eigenvalue weighted by molar-refractivity contribution is 0.0889. The Morgan fingerprint density at radius 2 is 2.12 bits per heavy atom. The molecule has 1 aromatic rings. The van der Waals surface area contributed by atoms with E-state index in [1.807, 2.05) is 24.3 Å². The predicted octanol–water partition coefficient (Wildman–Crippen LogP) is 2.68. The largest absolute Gasteiger partial charge is 0.384 e. The van der Waals surface area contributed by atoms with E-state index >= 15 is 0 Å². The molecule has 0 aliphatic heterocycles. The van der Waals surface area contributed by atoms with Gasteiger partial charge in [0.15, 0.2) is 0 Å². The highest BCUT2D eigenvalue weighted by molar-refractivity contribution is 5.95. The van der Waals surface area contributed by atoms with E-state index in [1.165, 1.54) is 25.7 Å². The number of nitrogen functional groups attached to an aromatic ring is 1. The summed E-state index contributed by atoms with van der Waals surface area (Å²) in [5, 5.41) is 7.38. The molecule has 0 spiro atoms. The van der Waals surface area contributed by atoms with Crippen molar-refractivity contribution in [1.82, 2.24) is 0 Å². The molecule has 0 saturated heterocycles. The molecule has 1 fully saturated rings. The molecule has 1 aliphatic rings. The van der Waals surface area contributed by atoms with Gasteiger partial charge in [-0.15, -0.1) is 0 Å². The van der Waals surface area contributed by atoms with E-state index < -0.39 is 0 Å². The van der Waals surface area contributed by atoms with Gasteiger partial charge in [-0.1, -0.05) is 31.0 Å². The van der Waals surface area contributed by atoms with Crippen LogP contribution in [0.2, 0.25) is 0 Å². The summed E-state index contributed by atoms with van der Waals surface area (Å²) in [7, 11) is 0. The molecule has 0 atom stereocenters. The van der Waals surface area contributed by atoms with E-state index in [4.69, 9.17) is 15.9 Å². The first kappa shape index (κ1) is 12.1. The highest BCUT2D eigenvalue weighted by Gasteiger charge is 2.14. The van der Waals surface area contributed by atoms with Crippen LogP contribution in [-0.4, -0.2) is 12.4 Å². The van der Waals surface area contributed by atoms with Crippen molar-refractivity contribution in [2.75, 3.05) is 6.61 Å². The summed E-state index contributed by atoms with van der Waals surface area (Å²) in [6.45, 7) is 1.49. The van der Waals surface area contributed by atoms with Gasteiger partial charge in [0.1, 0.15) is 5.84 Å². The van der Waals surface area contributed by atoms with Crippen molar-refractivity contribution in [1.29, 1.82) is 5.41 Å². The zero-order valence-corrected chi connectivity index (χ0v) is 10.1. The van der Waals surface area contributed by atoms with E-state index in [2.05, 4.69) is 0 Å². The Labute approximate surface area is 102 Å². The van der Waals surface area contributed by atoms with E-state index in [9.17, 15) is 0 Å². The van der Waals surface area contributed by atoms with Crippen molar-refractivity contribution in [3.05, 3.63) is 35.4 Å². The minimum absolute atomic E-state index is 0.114. The average Bonchev–Trinajstić information content (AvgIpc) is 2.82. The molecular weight excluding hydrogens is 212 g/mol. The van der Waals surface area contributed by atoms with Gasteiger partial charge in [0.05, 0.1) is 6.61 Å². The summed E-state index contributed by atoms with van der Waals surface area (Å²) in [4.78, 5) is 0. The highest BCUT2D eigenvalue weighted by atomic mass is 16.5. The summed E-state index contributed by atoms with van der Waals surface area (Å²) in [6.07, 6.45) is 5.34. The third-order valence-corrected chi connectivity index (χ3v) is 3.34. The van der Waals surface area contributed by atoms with Crippen LogP contribution in [0.25, 0.3) is 0 Å². The van der Waals surface area contributed by atoms with Gasteiger partial charge < -0.3 is 10.5 Å². The second-order valence-electron chi connectivity index (χ2n) is 4.78. The zero-order chi connectivity index (χ0) is 12.1. The second kappa shape index (κ2) is 5.82. The third-order valence-electron chi connectivity index (χ3n) is 3.34. The number of hydrogen-bond acceptors (Lipinski definition) is 2. The van der Waals surface area contributed by atoms with Crippen LogP contribution in [0.1, 0.15) is 36.8 Å². The molecule has 1 saturated carbocycles. The van der Waals surface area contributed by atoms with Crippen LogP contribution in [0.15, 0.2) is 24.3 Å². The molecule has 0 amide bonds. The maximum absolute atomic E-state index is 7.38. The van der Waals surface area contributed by atoms with E-state index in [-0.39, 0.29) is 5.84 Å². The number of benzene rings is 1. The number of nitrogens with two attached hydrogens (primary N) is 1. The molecule has 0 heterocycles. The summed E-state index contributed by atoms with van der Waals surface area (Å²) in [6, 6.07) is 7.71. The van der Waals surface area contributed by atoms with Crippen LogP contribution >= 0.6 is 0 Å². The number of nitrogens with one attached hydrogen (secondary N) is 1. The van der Waals surface area contributed by atoms with Crippen molar-refractivity contribution in [3.63, 3.8) is 0 Å². The molecule has 92 valence electrons. The number of amidine groups is 1. The van der Waals surface area contributed by atoms with Crippen LogP contribution < -0.4 is 5.73 Å². The van der Waals surface area contributed by atoms with E-state index in [1.54, 1.807) is 0 Å². The van der Waals surface area contributed by atoms with Gasteiger partial charge in [-0.05, 0) is 30.4 Å². The third kappa shape index (κ3) is 3.56. The lowest BCUT2D eigenvalue weighted by atomic mass is 10.1. The first-order chi connectivity index (χ1) is 8.25. The van der Waals surface area contributed by atoms with Gasteiger partial charge in [0, 0.05) is 12.2 Å². The number of hydrogen-bond donors (Lipinski definition) is 2. The Morgan fingerprint density at radius 1 is 1.35 bits per heavy atom. The first-order valence-corrected chi connectivity index (χ1v) is 6.27. The lowest BCUT2D eigenvalue weighted by Gasteiger charge is -2.10. The van der Waals surface area contributed by atoms with E-state index in [0.717, 1.165) is 23.7 Å². The zero-order valence-electron chi connectivity index (χ0n) is 10.1. The van der Waals surface area contributed by atoms with Gasteiger partial charge in [-0.3, -0.25) is 5.41 Å². The predicted molar refractivity (Wildman–Crippen MR) is 69.1 cm³/mol. The standard InChI is InChI=1S/C14H20N2O/c15-14(16)13-7-3-6-12(8-13)10-17-9-11-4-1-2-5-11/h3,6-8,11H,1-2,4-5,9-10H2,(H3,15,16). The van der Waals surface area contributed by atoms with Crippen LogP contribution in [0.3, 0.4) is 0 Å². The second-order valence-corrected chi connectivity index (χ2v) is 4.78. The molecule has 0 radical (unpaired) electrons. The SMILES string of the molecule is N=C(N)c1cccc(COCC2CCCC2)c1. The summed E-state index contributed by atoms with van der Waals surface area (Å²) >= 11 is 0. The van der Waals surface area contributed by atoms with Crippen LogP contribution in [0.5, 0.6) is 0 Å². The van der Waals surface area contributed by atoms with Crippen molar-refractivity contribution in [2.45, 2.75) is 32.3 Å². The number of rotatable bonds is 5. The van der Waals surface area contributed by atoms with Gasteiger partial charge in [-0.2, -0.15) is 0 Å². The van der Waals surface area contributed by atoms with Crippen LogP contribution in [-0.2, 0) is 11.3 Å². The Bertz CT molecular complexity index is 384. The lowest BCUT2D eigenvalue weighted by Crippen LogP contribution is -2.11. The van der Waals surface area contributed by atoms with Crippen molar-refractivity contribution in [2.24, 2.45) is 11.7 Å². The van der Waals surface area contributed by atoms with Gasteiger partial charge in [-0.25, -0.2) is 0 Å². The topological polar surface area (TPSA) is 59.1 Å². The molecular formula is C14H20N2O. The number of ether oxygens (including phenoxy) is 1. The first-order valence-electron chi connectivity index (χ1n) is 6.27. The summed E-state index contributed by atoms with van der Waals surface area (Å²) < 4.78 is 5.73.